The van der Waals surface area contributed by atoms with Gasteiger partial charge in [0.2, 0.25) is 0 Å². The zero-order valence-electron chi connectivity index (χ0n) is 9.20. The molecule has 1 nitrogen and oxygen atoms in total. The number of rotatable bonds is 1. The van der Waals surface area contributed by atoms with Crippen molar-refractivity contribution in [3.8, 4) is 11.3 Å². The number of pyridine rings is 1. The Kier molecular flexibility index (Phi) is 9.64. The summed E-state index contributed by atoms with van der Waals surface area (Å²) in [5.41, 5.74) is 1.96. The van der Waals surface area contributed by atoms with Gasteiger partial charge >= 0.3 is 20.1 Å². The van der Waals surface area contributed by atoms with Gasteiger partial charge in [-0.2, -0.15) is 0 Å². The number of nitrogens with zero attached hydrogens (tertiary/aromatic N) is 1. The van der Waals surface area contributed by atoms with Crippen molar-refractivity contribution in [2.45, 2.75) is 0 Å². The number of benzene rings is 1. The zero-order chi connectivity index (χ0) is 9.10. The summed E-state index contributed by atoms with van der Waals surface area (Å²) >= 11 is 3.41. The van der Waals surface area contributed by atoms with Crippen LogP contribution in [0, 0.1) is 20.9 Å². The molecule has 0 unspecified atom stereocenters. The van der Waals surface area contributed by atoms with E-state index in [-0.39, 0.29) is 35.0 Å². The van der Waals surface area contributed by atoms with Crippen LogP contribution in [0.1, 0.15) is 0 Å². The largest absolute Gasteiger partial charge is 3.00 e. The molecular formula is C13H13BrIrN. The maximum atomic E-state index is 4.24. The van der Waals surface area contributed by atoms with Gasteiger partial charge in [-0.05, 0) is 11.8 Å². The summed E-state index contributed by atoms with van der Waals surface area (Å²) in [7, 11) is 0. The Morgan fingerprint density at radius 2 is 1.88 bits per heavy atom. The Labute approximate surface area is 120 Å². The van der Waals surface area contributed by atoms with Gasteiger partial charge in [-0.3, -0.25) is 0 Å². The van der Waals surface area contributed by atoms with E-state index in [1.807, 2.05) is 36.4 Å². The Balaban J connectivity index is 0. The first-order valence-corrected chi connectivity index (χ1v) is 4.74. The standard InChI is InChI=1S/C11H7BrN.2CH3.Ir/c12-10-5-3-4-9(8-10)11-6-1-2-7-13-11;;;/h1-3,5-8H;2*1H3;/q3*-1;+3. The smallest absolute Gasteiger partial charge is 0.358 e. The molecule has 0 N–H and O–H groups in total. The van der Waals surface area contributed by atoms with Crippen molar-refractivity contribution in [2.24, 2.45) is 0 Å². The van der Waals surface area contributed by atoms with Crippen LogP contribution in [0.15, 0.2) is 47.1 Å². The van der Waals surface area contributed by atoms with E-state index in [0.29, 0.717) is 0 Å². The first-order valence-electron chi connectivity index (χ1n) is 3.95. The van der Waals surface area contributed by atoms with E-state index in [0.717, 1.165) is 15.7 Å². The number of halogens is 1. The van der Waals surface area contributed by atoms with Crippen molar-refractivity contribution in [2.75, 3.05) is 0 Å². The molecular weight excluding hydrogens is 442 g/mol. The molecule has 86 valence electrons. The van der Waals surface area contributed by atoms with Crippen molar-refractivity contribution in [3.63, 3.8) is 0 Å². The predicted molar refractivity (Wildman–Crippen MR) is 69.0 cm³/mol. The molecule has 0 amide bonds. The Bertz CT molecular complexity index is 404. The fraction of sp³-hybridized carbons (Fsp3) is 0. The molecule has 1 heterocycles. The third-order valence-electron chi connectivity index (χ3n) is 1.70. The van der Waals surface area contributed by atoms with Gasteiger partial charge in [-0.25, -0.2) is 0 Å². The van der Waals surface area contributed by atoms with Gasteiger partial charge in [0.25, 0.3) is 0 Å². The molecule has 2 rings (SSSR count). The van der Waals surface area contributed by atoms with Crippen LogP contribution in [-0.4, -0.2) is 4.98 Å². The molecule has 1 aromatic carbocycles. The minimum Gasteiger partial charge on any atom is -0.358 e. The van der Waals surface area contributed by atoms with E-state index in [4.69, 9.17) is 0 Å². The minimum atomic E-state index is 0. The molecule has 0 bridgehead atoms. The maximum absolute atomic E-state index is 4.24. The second-order valence-corrected chi connectivity index (χ2v) is 3.55. The van der Waals surface area contributed by atoms with Crippen molar-refractivity contribution < 1.29 is 20.1 Å². The van der Waals surface area contributed by atoms with Crippen LogP contribution in [0.3, 0.4) is 0 Å². The average Bonchev–Trinajstić information content (AvgIpc) is 2.19. The molecule has 16 heavy (non-hydrogen) atoms. The van der Waals surface area contributed by atoms with E-state index in [2.05, 4.69) is 27.0 Å². The predicted octanol–water partition coefficient (Wildman–Crippen LogP) is 4.21. The third-order valence-corrected chi connectivity index (χ3v) is 2.20. The van der Waals surface area contributed by atoms with Gasteiger partial charge in [-0.1, -0.05) is 32.5 Å². The van der Waals surface area contributed by atoms with Crippen molar-refractivity contribution >= 4 is 15.9 Å². The minimum absolute atomic E-state index is 0. The summed E-state index contributed by atoms with van der Waals surface area (Å²) in [6, 6.07) is 14.8. The summed E-state index contributed by atoms with van der Waals surface area (Å²) in [4.78, 5) is 4.24. The molecule has 0 saturated heterocycles. The second kappa shape index (κ2) is 8.63. The van der Waals surface area contributed by atoms with E-state index < -0.39 is 0 Å². The van der Waals surface area contributed by atoms with Crippen molar-refractivity contribution in [3.05, 3.63) is 68.0 Å². The van der Waals surface area contributed by atoms with Gasteiger partial charge in [0.15, 0.2) is 0 Å². The molecule has 2 aromatic rings. The summed E-state index contributed by atoms with van der Waals surface area (Å²) in [5.74, 6) is 0. The molecule has 0 radical (unpaired) electrons. The number of aromatic nitrogens is 1. The zero-order valence-corrected chi connectivity index (χ0v) is 13.2. The number of hydrogen-bond donors (Lipinski definition) is 0. The number of hydrogen-bond acceptors (Lipinski definition) is 1. The molecule has 3 heteroatoms. The molecule has 0 atom stereocenters. The summed E-state index contributed by atoms with van der Waals surface area (Å²) < 4.78 is 1.05. The van der Waals surface area contributed by atoms with Crippen molar-refractivity contribution in [1.29, 1.82) is 0 Å². The first kappa shape index (κ1) is 17.9. The fourth-order valence-electron chi connectivity index (χ4n) is 1.11. The van der Waals surface area contributed by atoms with Crippen LogP contribution in [-0.2, 0) is 20.1 Å². The maximum Gasteiger partial charge on any atom is 3.00 e. The molecule has 0 spiro atoms. The SMILES string of the molecule is Brc1cc[c-]c(-c2ccccn2)c1.[CH3-].[CH3-].[Ir+3]. The molecule has 0 aliphatic rings. The Morgan fingerprint density at radius 1 is 1.12 bits per heavy atom. The molecule has 0 aliphatic carbocycles. The Morgan fingerprint density at radius 3 is 2.44 bits per heavy atom. The second-order valence-electron chi connectivity index (χ2n) is 2.64. The van der Waals surface area contributed by atoms with Crippen LogP contribution < -0.4 is 0 Å². The quantitative estimate of drug-likeness (QED) is 0.588. The molecule has 1 aromatic heterocycles. The summed E-state index contributed by atoms with van der Waals surface area (Å²) in [6.07, 6.45) is 1.78. The average molecular weight is 455 g/mol. The van der Waals surface area contributed by atoms with Gasteiger partial charge in [-0.15, -0.1) is 29.8 Å². The topological polar surface area (TPSA) is 12.9 Å². The van der Waals surface area contributed by atoms with Crippen LogP contribution in [0.4, 0.5) is 0 Å². The Hall–Kier alpha value is -0.501. The van der Waals surface area contributed by atoms with Gasteiger partial charge < -0.3 is 19.8 Å². The monoisotopic (exact) mass is 455 g/mol. The van der Waals surface area contributed by atoms with Crippen LogP contribution in [0.25, 0.3) is 11.3 Å². The first-order chi connectivity index (χ1) is 6.36. The van der Waals surface area contributed by atoms with Gasteiger partial charge in [0, 0.05) is 6.20 Å². The summed E-state index contributed by atoms with van der Waals surface area (Å²) in [6.45, 7) is 0. The van der Waals surface area contributed by atoms with Gasteiger partial charge in [0.1, 0.15) is 0 Å². The molecule has 0 saturated carbocycles. The summed E-state index contributed by atoms with van der Waals surface area (Å²) in [5, 5.41) is 0. The van der Waals surface area contributed by atoms with Crippen LogP contribution in [0.5, 0.6) is 0 Å². The van der Waals surface area contributed by atoms with Gasteiger partial charge in [0.05, 0.1) is 0 Å². The van der Waals surface area contributed by atoms with E-state index in [9.17, 15) is 0 Å². The molecule has 0 fully saturated rings. The van der Waals surface area contributed by atoms with Crippen LogP contribution in [0.2, 0.25) is 0 Å². The third kappa shape index (κ3) is 4.56. The van der Waals surface area contributed by atoms with E-state index in [1.165, 1.54) is 0 Å². The normalized spacial score (nSPS) is 8.06. The fourth-order valence-corrected chi connectivity index (χ4v) is 1.47. The van der Waals surface area contributed by atoms with E-state index in [1.54, 1.807) is 6.20 Å². The van der Waals surface area contributed by atoms with E-state index >= 15 is 0 Å². The van der Waals surface area contributed by atoms with Crippen molar-refractivity contribution in [1.82, 2.24) is 4.98 Å². The van der Waals surface area contributed by atoms with Crippen LogP contribution >= 0.6 is 15.9 Å². The molecule has 0 aliphatic heterocycles.